The summed E-state index contributed by atoms with van der Waals surface area (Å²) in [6.07, 6.45) is 0.969. The molecule has 1 amide bonds. The largest absolute Gasteiger partial charge is 0.346 e. The van der Waals surface area contributed by atoms with Crippen molar-refractivity contribution in [3.8, 4) is 0 Å². The molecule has 1 aromatic heterocycles. The number of para-hydroxylation sites is 1. The van der Waals surface area contributed by atoms with Gasteiger partial charge < -0.3 is 9.47 Å². The molecule has 0 spiro atoms. The van der Waals surface area contributed by atoms with Gasteiger partial charge in [0.05, 0.1) is 6.54 Å². The third-order valence-corrected chi connectivity index (χ3v) is 3.76. The molecule has 0 atom stereocenters. The molecule has 88 valence electrons. The molecule has 0 radical (unpaired) electrons. The Balaban J connectivity index is 2.17. The minimum absolute atomic E-state index is 0.168. The summed E-state index contributed by atoms with van der Waals surface area (Å²) in [5.74, 6) is 0.168. The molecule has 2 heterocycles. The molecular formula is C14H16N2O. The van der Waals surface area contributed by atoms with E-state index < -0.39 is 0 Å². The summed E-state index contributed by atoms with van der Waals surface area (Å²) >= 11 is 0. The van der Waals surface area contributed by atoms with Gasteiger partial charge in [-0.2, -0.15) is 0 Å². The molecule has 0 bridgehead atoms. The fourth-order valence-corrected chi connectivity index (χ4v) is 2.78. The number of aryl methyl sites for hydroxylation is 1. The summed E-state index contributed by atoms with van der Waals surface area (Å²) < 4.78 is 2.22. The van der Waals surface area contributed by atoms with Crippen molar-refractivity contribution < 1.29 is 4.79 Å². The Labute approximate surface area is 101 Å². The first-order chi connectivity index (χ1) is 8.18. The van der Waals surface area contributed by atoms with Crippen LogP contribution in [0.2, 0.25) is 0 Å². The topological polar surface area (TPSA) is 25.2 Å². The normalized spacial score (nSPS) is 15.1. The van der Waals surface area contributed by atoms with Crippen LogP contribution in [0.1, 0.15) is 18.2 Å². The van der Waals surface area contributed by atoms with Crippen molar-refractivity contribution in [2.24, 2.45) is 7.05 Å². The Bertz CT molecular complexity index is 598. The van der Waals surface area contributed by atoms with E-state index in [4.69, 9.17) is 0 Å². The van der Waals surface area contributed by atoms with Gasteiger partial charge in [0.1, 0.15) is 0 Å². The molecule has 0 saturated carbocycles. The van der Waals surface area contributed by atoms with E-state index in [1.165, 1.54) is 22.2 Å². The number of nitrogens with zero attached hydrogens (tertiary/aromatic N) is 2. The Hall–Kier alpha value is -1.77. The van der Waals surface area contributed by atoms with Gasteiger partial charge in [-0.3, -0.25) is 4.79 Å². The van der Waals surface area contributed by atoms with Crippen LogP contribution in [-0.2, 0) is 24.8 Å². The monoisotopic (exact) mass is 228 g/mol. The molecule has 3 nitrogen and oxygen atoms in total. The second-order valence-electron chi connectivity index (χ2n) is 4.69. The Morgan fingerprint density at radius 2 is 2.06 bits per heavy atom. The standard InChI is InChI=1S/C14H16N2O/c1-10(17)16-8-7-12-11-5-3-4-6-13(11)15(2)14(12)9-16/h3-6H,7-9H2,1-2H3. The zero-order chi connectivity index (χ0) is 12.0. The highest BCUT2D eigenvalue weighted by molar-refractivity contribution is 5.86. The molecule has 3 heteroatoms. The maximum absolute atomic E-state index is 11.5. The quantitative estimate of drug-likeness (QED) is 0.677. The summed E-state index contributed by atoms with van der Waals surface area (Å²) in [7, 11) is 2.09. The molecule has 1 aliphatic rings. The van der Waals surface area contributed by atoms with Crippen LogP contribution < -0.4 is 0 Å². The summed E-state index contributed by atoms with van der Waals surface area (Å²) in [6.45, 7) is 3.24. The maximum Gasteiger partial charge on any atom is 0.219 e. The van der Waals surface area contributed by atoms with Crippen molar-refractivity contribution in [2.75, 3.05) is 6.54 Å². The average molecular weight is 228 g/mol. The third kappa shape index (κ3) is 1.46. The van der Waals surface area contributed by atoms with Crippen LogP contribution in [0.25, 0.3) is 10.9 Å². The zero-order valence-electron chi connectivity index (χ0n) is 10.2. The first-order valence-corrected chi connectivity index (χ1v) is 5.99. The molecule has 0 saturated heterocycles. The molecule has 0 unspecified atom stereocenters. The van der Waals surface area contributed by atoms with Crippen molar-refractivity contribution in [1.29, 1.82) is 0 Å². The molecule has 0 N–H and O–H groups in total. The minimum atomic E-state index is 0.168. The van der Waals surface area contributed by atoms with Crippen LogP contribution in [0.15, 0.2) is 24.3 Å². The molecule has 1 aliphatic heterocycles. The van der Waals surface area contributed by atoms with E-state index in [1.54, 1.807) is 6.92 Å². The van der Waals surface area contributed by atoms with E-state index in [9.17, 15) is 4.79 Å². The molecule has 17 heavy (non-hydrogen) atoms. The second-order valence-corrected chi connectivity index (χ2v) is 4.69. The highest BCUT2D eigenvalue weighted by atomic mass is 16.2. The highest BCUT2D eigenvalue weighted by Gasteiger charge is 2.23. The van der Waals surface area contributed by atoms with Gasteiger partial charge in [-0.1, -0.05) is 18.2 Å². The predicted octanol–water partition coefficient (Wildman–Crippen LogP) is 2.08. The van der Waals surface area contributed by atoms with Gasteiger partial charge in [0.25, 0.3) is 0 Å². The molecule has 3 rings (SSSR count). The number of carbonyl (C=O) groups excluding carboxylic acids is 1. The summed E-state index contributed by atoms with van der Waals surface area (Å²) in [4.78, 5) is 13.4. The van der Waals surface area contributed by atoms with E-state index in [-0.39, 0.29) is 5.91 Å². The van der Waals surface area contributed by atoms with E-state index in [0.29, 0.717) is 0 Å². The Morgan fingerprint density at radius 3 is 2.82 bits per heavy atom. The summed E-state index contributed by atoms with van der Waals surface area (Å²) in [6, 6.07) is 8.47. The van der Waals surface area contributed by atoms with Crippen molar-refractivity contribution in [2.45, 2.75) is 19.9 Å². The number of carbonyl (C=O) groups is 1. The predicted molar refractivity (Wildman–Crippen MR) is 67.7 cm³/mol. The zero-order valence-corrected chi connectivity index (χ0v) is 10.2. The van der Waals surface area contributed by atoms with Gasteiger partial charge in [0.15, 0.2) is 0 Å². The molecule has 1 aromatic carbocycles. The van der Waals surface area contributed by atoms with Gasteiger partial charge in [-0.15, -0.1) is 0 Å². The van der Waals surface area contributed by atoms with Crippen LogP contribution in [0.4, 0.5) is 0 Å². The van der Waals surface area contributed by atoms with E-state index in [1.807, 2.05) is 4.90 Å². The highest BCUT2D eigenvalue weighted by Crippen LogP contribution is 2.29. The first kappa shape index (κ1) is 10.4. The van der Waals surface area contributed by atoms with Crippen LogP contribution in [0.5, 0.6) is 0 Å². The first-order valence-electron chi connectivity index (χ1n) is 5.99. The van der Waals surface area contributed by atoms with Gasteiger partial charge in [-0.05, 0) is 18.1 Å². The van der Waals surface area contributed by atoms with Crippen LogP contribution >= 0.6 is 0 Å². The average Bonchev–Trinajstić information content (AvgIpc) is 2.64. The number of fused-ring (bicyclic) bond motifs is 3. The number of rotatable bonds is 0. The SMILES string of the molecule is CC(=O)N1CCc2c(n(C)c3ccccc23)C1. The lowest BCUT2D eigenvalue weighted by Gasteiger charge is -2.26. The summed E-state index contributed by atoms with van der Waals surface area (Å²) in [5.41, 5.74) is 3.97. The lowest BCUT2D eigenvalue weighted by Crippen LogP contribution is -2.34. The lowest BCUT2D eigenvalue weighted by molar-refractivity contribution is -0.129. The van der Waals surface area contributed by atoms with Gasteiger partial charge >= 0.3 is 0 Å². The molecule has 0 fully saturated rings. The summed E-state index contributed by atoms with van der Waals surface area (Å²) in [5, 5.41) is 1.34. The lowest BCUT2D eigenvalue weighted by atomic mass is 10.0. The van der Waals surface area contributed by atoms with Gasteiger partial charge in [-0.25, -0.2) is 0 Å². The smallest absolute Gasteiger partial charge is 0.219 e. The number of hydrogen-bond acceptors (Lipinski definition) is 1. The second kappa shape index (κ2) is 3.62. The number of benzene rings is 1. The Kier molecular flexibility index (Phi) is 2.21. The molecule has 2 aromatic rings. The van der Waals surface area contributed by atoms with Crippen molar-refractivity contribution >= 4 is 16.8 Å². The van der Waals surface area contributed by atoms with E-state index in [0.717, 1.165) is 19.5 Å². The number of amides is 1. The number of aromatic nitrogens is 1. The van der Waals surface area contributed by atoms with Crippen LogP contribution in [0.3, 0.4) is 0 Å². The van der Waals surface area contributed by atoms with Crippen molar-refractivity contribution in [1.82, 2.24) is 9.47 Å². The van der Waals surface area contributed by atoms with Crippen LogP contribution in [0, 0.1) is 0 Å². The molecule has 0 aliphatic carbocycles. The maximum atomic E-state index is 11.5. The van der Waals surface area contributed by atoms with Gasteiger partial charge in [0, 0.05) is 37.1 Å². The molecular weight excluding hydrogens is 212 g/mol. The fraction of sp³-hybridized carbons (Fsp3) is 0.357. The Morgan fingerprint density at radius 1 is 1.29 bits per heavy atom. The van der Waals surface area contributed by atoms with Crippen molar-refractivity contribution in [3.05, 3.63) is 35.5 Å². The van der Waals surface area contributed by atoms with Crippen LogP contribution in [-0.4, -0.2) is 21.9 Å². The third-order valence-electron chi connectivity index (χ3n) is 3.76. The van der Waals surface area contributed by atoms with Crippen molar-refractivity contribution in [3.63, 3.8) is 0 Å². The van der Waals surface area contributed by atoms with E-state index in [2.05, 4.69) is 35.9 Å². The fourth-order valence-electron chi connectivity index (χ4n) is 2.78. The number of hydrogen-bond donors (Lipinski definition) is 0. The van der Waals surface area contributed by atoms with E-state index >= 15 is 0 Å². The minimum Gasteiger partial charge on any atom is -0.346 e. The van der Waals surface area contributed by atoms with Gasteiger partial charge in [0.2, 0.25) is 5.91 Å².